The molecule has 4 aromatic rings. The van der Waals surface area contributed by atoms with E-state index in [2.05, 4.69) is 14.9 Å². The number of morpholine rings is 1. The summed E-state index contributed by atoms with van der Waals surface area (Å²) in [6, 6.07) is 16.1. The van der Waals surface area contributed by atoms with E-state index in [9.17, 15) is 18.4 Å². The molecule has 0 bridgehead atoms. The Labute approximate surface area is 272 Å². The lowest BCUT2D eigenvalue weighted by Gasteiger charge is -2.26. The van der Waals surface area contributed by atoms with Gasteiger partial charge in [-0.25, -0.2) is 18.7 Å². The first-order valence-corrected chi connectivity index (χ1v) is 15.6. The number of benzene rings is 3. The molecule has 244 valence electrons. The molecule has 0 atom stereocenters. The van der Waals surface area contributed by atoms with Gasteiger partial charge in [-0.05, 0) is 42.8 Å². The van der Waals surface area contributed by atoms with Crippen LogP contribution in [0.25, 0.3) is 11.4 Å². The van der Waals surface area contributed by atoms with E-state index in [-0.39, 0.29) is 42.6 Å². The van der Waals surface area contributed by atoms with Crippen LogP contribution in [-0.4, -0.2) is 78.5 Å². The maximum Gasteiger partial charge on any atom is 0.258 e. The Balaban J connectivity index is 1.25. The van der Waals surface area contributed by atoms with Gasteiger partial charge in [-0.1, -0.05) is 30.3 Å². The van der Waals surface area contributed by atoms with E-state index >= 15 is 0 Å². The molecule has 3 aromatic carbocycles. The number of hydrogen-bond donors (Lipinski definition) is 0. The lowest BCUT2D eigenvalue weighted by molar-refractivity contribution is 0.0371. The predicted molar refractivity (Wildman–Crippen MR) is 171 cm³/mol. The van der Waals surface area contributed by atoms with Crippen molar-refractivity contribution < 1.29 is 32.6 Å². The second-order valence-corrected chi connectivity index (χ2v) is 11.6. The first kappa shape index (κ1) is 32.2. The normalized spacial score (nSPS) is 14.7. The number of carbonyl (C=O) groups is 2. The van der Waals surface area contributed by atoms with Crippen LogP contribution in [0.2, 0.25) is 0 Å². The Kier molecular flexibility index (Phi) is 9.84. The average molecular weight is 643 g/mol. The fourth-order valence-corrected chi connectivity index (χ4v) is 6.03. The van der Waals surface area contributed by atoms with Gasteiger partial charge >= 0.3 is 0 Å². The molecule has 11 heteroatoms. The number of ketones is 1. The topological polar surface area (TPSA) is 94.1 Å². The van der Waals surface area contributed by atoms with Crippen molar-refractivity contribution in [1.29, 1.82) is 0 Å². The number of amides is 1. The highest BCUT2D eigenvalue weighted by Gasteiger charge is 2.34. The maximum absolute atomic E-state index is 14.9. The maximum atomic E-state index is 14.9. The number of fused-ring (bicyclic) bond motifs is 1. The lowest BCUT2D eigenvalue weighted by atomic mass is 10.0. The highest BCUT2D eigenvalue weighted by Crippen LogP contribution is 2.33. The molecule has 0 aliphatic carbocycles. The minimum absolute atomic E-state index is 0.0600. The zero-order valence-electron chi connectivity index (χ0n) is 26.4. The van der Waals surface area contributed by atoms with Gasteiger partial charge in [0, 0.05) is 43.1 Å². The standard InChI is InChI=1S/C36H36F2N4O5/c1-45-26-13-12-25(32(20-26)46-2)21-42-22-30-34(36(42)44)29(39-35(40-30)33-27(37)5-3-6-28(33)38)19-23-8-10-24(11-9-23)31(43)7-4-14-41-15-17-47-18-16-41/h3,5-6,8-13,20H,4,7,14-19,21-22H2,1-2H3. The van der Waals surface area contributed by atoms with Crippen LogP contribution in [-0.2, 0) is 24.2 Å². The summed E-state index contributed by atoms with van der Waals surface area (Å²) >= 11 is 0. The summed E-state index contributed by atoms with van der Waals surface area (Å²) < 4.78 is 46.0. The summed E-state index contributed by atoms with van der Waals surface area (Å²) in [5.41, 5.74) is 2.85. The van der Waals surface area contributed by atoms with Gasteiger partial charge in [0.1, 0.15) is 23.1 Å². The molecule has 0 radical (unpaired) electrons. The third-order valence-electron chi connectivity index (χ3n) is 8.57. The summed E-state index contributed by atoms with van der Waals surface area (Å²) in [5, 5.41) is 0. The van der Waals surface area contributed by atoms with Crippen molar-refractivity contribution in [2.45, 2.75) is 32.4 Å². The number of aromatic nitrogens is 2. The SMILES string of the molecule is COc1ccc(CN2Cc3nc(-c4c(F)cccc4F)nc(Cc4ccc(C(=O)CCCN5CCOCC5)cc4)c3C2=O)c(OC)c1. The Bertz CT molecular complexity index is 1760. The van der Waals surface area contributed by atoms with Gasteiger partial charge < -0.3 is 19.1 Å². The van der Waals surface area contributed by atoms with E-state index in [1.165, 1.54) is 6.07 Å². The first-order valence-electron chi connectivity index (χ1n) is 15.6. The average Bonchev–Trinajstić information content (AvgIpc) is 3.40. The molecule has 1 saturated heterocycles. The van der Waals surface area contributed by atoms with Crippen molar-refractivity contribution in [3.8, 4) is 22.9 Å². The predicted octanol–water partition coefficient (Wildman–Crippen LogP) is 5.48. The van der Waals surface area contributed by atoms with Gasteiger partial charge in [-0.2, -0.15) is 0 Å². The second-order valence-electron chi connectivity index (χ2n) is 11.6. The molecular formula is C36H36F2N4O5. The highest BCUT2D eigenvalue weighted by molar-refractivity contribution is 5.99. The number of carbonyl (C=O) groups excluding carboxylic acids is 2. The molecule has 3 heterocycles. The number of methoxy groups -OCH3 is 2. The van der Waals surface area contributed by atoms with Crippen molar-refractivity contribution in [2.24, 2.45) is 0 Å². The van der Waals surface area contributed by atoms with Gasteiger partial charge in [0.05, 0.1) is 63.0 Å². The molecule has 1 aromatic heterocycles. The third kappa shape index (κ3) is 7.16. The van der Waals surface area contributed by atoms with Gasteiger partial charge in [0.25, 0.3) is 5.91 Å². The quantitative estimate of drug-likeness (QED) is 0.188. The molecule has 47 heavy (non-hydrogen) atoms. The number of hydrogen-bond acceptors (Lipinski definition) is 8. The van der Waals surface area contributed by atoms with Gasteiger partial charge in [-0.15, -0.1) is 0 Å². The van der Waals surface area contributed by atoms with E-state index in [1.807, 2.05) is 18.2 Å². The summed E-state index contributed by atoms with van der Waals surface area (Å²) in [6.07, 6.45) is 1.41. The summed E-state index contributed by atoms with van der Waals surface area (Å²) in [4.78, 5) is 39.7. The number of Topliss-reactive ketones (excluding diaryl/α,β-unsaturated/α-hetero) is 1. The molecule has 2 aliphatic heterocycles. The summed E-state index contributed by atoms with van der Waals surface area (Å²) in [7, 11) is 3.10. The number of halogens is 2. The van der Waals surface area contributed by atoms with E-state index in [1.54, 1.807) is 43.4 Å². The number of ether oxygens (including phenoxy) is 3. The van der Waals surface area contributed by atoms with Crippen LogP contribution >= 0.6 is 0 Å². The van der Waals surface area contributed by atoms with Crippen LogP contribution in [0.1, 0.15) is 56.1 Å². The van der Waals surface area contributed by atoms with Crippen molar-refractivity contribution in [3.05, 3.63) is 106 Å². The molecule has 6 rings (SSSR count). The fraction of sp³-hybridized carbons (Fsp3) is 0.333. The Morgan fingerprint density at radius 2 is 1.68 bits per heavy atom. The van der Waals surface area contributed by atoms with Crippen LogP contribution < -0.4 is 9.47 Å². The van der Waals surface area contributed by atoms with Crippen LogP contribution in [0.15, 0.2) is 60.7 Å². The molecular weight excluding hydrogens is 606 g/mol. The highest BCUT2D eigenvalue weighted by atomic mass is 19.1. The van der Waals surface area contributed by atoms with E-state index < -0.39 is 11.6 Å². The number of nitrogens with zero attached hydrogens (tertiary/aromatic N) is 4. The van der Waals surface area contributed by atoms with Crippen molar-refractivity contribution in [2.75, 3.05) is 47.1 Å². The summed E-state index contributed by atoms with van der Waals surface area (Å²) in [5.74, 6) is -0.771. The van der Waals surface area contributed by atoms with E-state index in [0.29, 0.717) is 40.4 Å². The molecule has 1 fully saturated rings. The zero-order chi connectivity index (χ0) is 32.9. The largest absolute Gasteiger partial charge is 0.497 e. The van der Waals surface area contributed by atoms with Crippen molar-refractivity contribution >= 4 is 11.7 Å². The van der Waals surface area contributed by atoms with Gasteiger partial charge in [-0.3, -0.25) is 14.5 Å². The van der Waals surface area contributed by atoms with Crippen LogP contribution in [0.4, 0.5) is 8.78 Å². The zero-order valence-corrected chi connectivity index (χ0v) is 26.4. The van der Waals surface area contributed by atoms with Gasteiger partial charge in [0.2, 0.25) is 0 Å². The Morgan fingerprint density at radius 1 is 0.936 bits per heavy atom. The molecule has 0 spiro atoms. The molecule has 9 nitrogen and oxygen atoms in total. The van der Waals surface area contributed by atoms with Crippen LogP contribution in [0.3, 0.4) is 0 Å². The Hall–Kier alpha value is -4.74. The molecule has 1 amide bonds. The second kappa shape index (κ2) is 14.4. The molecule has 0 saturated carbocycles. The molecule has 2 aliphatic rings. The van der Waals surface area contributed by atoms with Gasteiger partial charge in [0.15, 0.2) is 11.6 Å². The Morgan fingerprint density at radius 3 is 2.38 bits per heavy atom. The molecule has 0 N–H and O–H groups in total. The van der Waals surface area contributed by atoms with Crippen molar-refractivity contribution in [3.63, 3.8) is 0 Å². The van der Waals surface area contributed by atoms with E-state index in [0.717, 1.165) is 62.5 Å². The third-order valence-corrected chi connectivity index (χ3v) is 8.57. The lowest BCUT2D eigenvalue weighted by Crippen LogP contribution is -2.36. The fourth-order valence-electron chi connectivity index (χ4n) is 6.03. The van der Waals surface area contributed by atoms with Crippen LogP contribution in [0.5, 0.6) is 11.5 Å². The summed E-state index contributed by atoms with van der Waals surface area (Å²) in [6.45, 7) is 4.42. The minimum Gasteiger partial charge on any atom is -0.497 e. The van der Waals surface area contributed by atoms with Crippen molar-refractivity contribution in [1.82, 2.24) is 19.8 Å². The smallest absolute Gasteiger partial charge is 0.258 e. The number of rotatable bonds is 12. The molecule has 0 unspecified atom stereocenters. The van der Waals surface area contributed by atoms with E-state index in [4.69, 9.17) is 14.2 Å². The minimum atomic E-state index is -0.795. The van der Waals surface area contributed by atoms with Crippen LogP contribution in [0, 0.1) is 11.6 Å². The monoisotopic (exact) mass is 642 g/mol. The first-order chi connectivity index (χ1) is 22.8.